The molecule has 1 aromatic rings. The molecule has 0 amide bonds. The molecule has 1 fully saturated rings. The first-order valence-electron chi connectivity index (χ1n) is 6.74. The fourth-order valence-electron chi connectivity index (χ4n) is 2.28. The van der Waals surface area contributed by atoms with E-state index in [1.165, 1.54) is 25.5 Å². The number of ketones is 1. The van der Waals surface area contributed by atoms with Crippen LogP contribution in [0.15, 0.2) is 22.8 Å². The van der Waals surface area contributed by atoms with Gasteiger partial charge in [-0.2, -0.15) is 0 Å². The third-order valence-corrected chi connectivity index (χ3v) is 3.28. The Balaban J connectivity index is 1.52. The summed E-state index contributed by atoms with van der Waals surface area (Å²) in [4.78, 5) is 11.5. The van der Waals surface area contributed by atoms with E-state index in [0.29, 0.717) is 18.4 Å². The van der Waals surface area contributed by atoms with Crippen LogP contribution in [0.1, 0.15) is 42.7 Å². The predicted octanol–water partition coefficient (Wildman–Crippen LogP) is 2.40. The van der Waals surface area contributed by atoms with Crippen LogP contribution in [0.3, 0.4) is 0 Å². The van der Waals surface area contributed by atoms with Crippen molar-refractivity contribution in [1.82, 2.24) is 5.32 Å². The molecule has 0 aromatic carbocycles. The molecule has 0 saturated carbocycles. The number of rotatable bonds is 7. The Hall–Kier alpha value is -1.13. The molecule has 0 unspecified atom stereocenters. The van der Waals surface area contributed by atoms with Crippen molar-refractivity contribution in [3.8, 4) is 0 Å². The molecule has 1 aliphatic heterocycles. The average molecular weight is 251 g/mol. The van der Waals surface area contributed by atoms with E-state index in [9.17, 15) is 4.79 Å². The summed E-state index contributed by atoms with van der Waals surface area (Å²) in [6.07, 6.45) is 7.53. The highest BCUT2D eigenvalue weighted by Crippen LogP contribution is 2.11. The summed E-state index contributed by atoms with van der Waals surface area (Å²) >= 11 is 0. The summed E-state index contributed by atoms with van der Waals surface area (Å²) < 4.78 is 10.4. The molecule has 100 valence electrons. The van der Waals surface area contributed by atoms with Crippen LogP contribution in [0, 0.1) is 0 Å². The van der Waals surface area contributed by atoms with Crippen LogP contribution in [-0.2, 0) is 4.74 Å². The van der Waals surface area contributed by atoms with Gasteiger partial charge in [-0.25, -0.2) is 0 Å². The number of piperidine rings is 1. The fourth-order valence-corrected chi connectivity index (χ4v) is 2.28. The average Bonchev–Trinajstić information content (AvgIpc) is 2.93. The number of ether oxygens (including phenoxy) is 1. The number of carbonyl (C=O) groups excluding carboxylic acids is 1. The van der Waals surface area contributed by atoms with Crippen molar-refractivity contribution in [2.45, 2.75) is 38.1 Å². The van der Waals surface area contributed by atoms with Crippen molar-refractivity contribution in [2.24, 2.45) is 0 Å². The highest BCUT2D eigenvalue weighted by Gasteiger charge is 2.12. The van der Waals surface area contributed by atoms with Gasteiger partial charge < -0.3 is 14.5 Å². The Labute approximate surface area is 108 Å². The van der Waals surface area contributed by atoms with E-state index in [1.807, 2.05) is 0 Å². The van der Waals surface area contributed by atoms with Crippen molar-refractivity contribution in [2.75, 3.05) is 19.8 Å². The first-order chi connectivity index (χ1) is 8.86. The molecule has 4 heteroatoms. The topological polar surface area (TPSA) is 51.5 Å². The van der Waals surface area contributed by atoms with Crippen molar-refractivity contribution >= 4 is 5.78 Å². The van der Waals surface area contributed by atoms with Crippen LogP contribution in [0.5, 0.6) is 0 Å². The molecule has 0 aliphatic carbocycles. The molecule has 1 atom stereocenters. The third-order valence-electron chi connectivity index (χ3n) is 3.28. The van der Waals surface area contributed by atoms with Crippen molar-refractivity contribution < 1.29 is 13.9 Å². The Morgan fingerprint density at radius 1 is 1.50 bits per heavy atom. The summed E-state index contributed by atoms with van der Waals surface area (Å²) in [7, 11) is 0. The van der Waals surface area contributed by atoms with E-state index in [-0.39, 0.29) is 12.4 Å². The zero-order valence-electron chi connectivity index (χ0n) is 10.7. The van der Waals surface area contributed by atoms with Crippen LogP contribution >= 0.6 is 0 Å². The van der Waals surface area contributed by atoms with E-state index in [1.54, 1.807) is 12.1 Å². The predicted molar refractivity (Wildman–Crippen MR) is 68.7 cm³/mol. The molecule has 18 heavy (non-hydrogen) atoms. The molecule has 0 radical (unpaired) electrons. The smallest absolute Gasteiger partial charge is 0.223 e. The zero-order valence-corrected chi connectivity index (χ0v) is 10.7. The lowest BCUT2D eigenvalue weighted by Gasteiger charge is -2.23. The quantitative estimate of drug-likeness (QED) is 0.597. The minimum Gasteiger partial charge on any atom is -0.461 e. The van der Waals surface area contributed by atoms with E-state index in [4.69, 9.17) is 9.15 Å². The van der Waals surface area contributed by atoms with Gasteiger partial charge in [0.25, 0.3) is 0 Å². The van der Waals surface area contributed by atoms with Crippen LogP contribution < -0.4 is 5.32 Å². The lowest BCUT2D eigenvalue weighted by atomic mass is 10.0. The summed E-state index contributed by atoms with van der Waals surface area (Å²) in [5, 5.41) is 3.50. The molecule has 1 N–H and O–H groups in total. The van der Waals surface area contributed by atoms with E-state index < -0.39 is 0 Å². The molecule has 2 heterocycles. The van der Waals surface area contributed by atoms with Crippen molar-refractivity contribution in [1.29, 1.82) is 0 Å². The summed E-state index contributed by atoms with van der Waals surface area (Å²) in [5.74, 6) is 0.291. The van der Waals surface area contributed by atoms with Gasteiger partial charge >= 0.3 is 0 Å². The highest BCUT2D eigenvalue weighted by molar-refractivity contribution is 5.94. The zero-order chi connectivity index (χ0) is 12.6. The SMILES string of the molecule is O=C(COCCC[C@@H]1CCCCN1)c1ccco1. The second-order valence-electron chi connectivity index (χ2n) is 4.74. The van der Waals surface area contributed by atoms with Gasteiger partial charge in [0.2, 0.25) is 5.78 Å². The Morgan fingerprint density at radius 3 is 3.17 bits per heavy atom. The minimum absolute atomic E-state index is 0.0872. The molecule has 0 spiro atoms. The van der Waals surface area contributed by atoms with E-state index in [0.717, 1.165) is 19.4 Å². The first kappa shape index (κ1) is 13.3. The van der Waals surface area contributed by atoms with E-state index >= 15 is 0 Å². The summed E-state index contributed by atoms with van der Waals surface area (Å²) in [5.41, 5.74) is 0. The fraction of sp³-hybridized carbons (Fsp3) is 0.643. The van der Waals surface area contributed by atoms with Gasteiger partial charge in [-0.15, -0.1) is 0 Å². The standard InChI is InChI=1S/C14H21NO3/c16-13(14-7-4-10-18-14)11-17-9-3-6-12-5-1-2-8-15-12/h4,7,10,12,15H,1-3,5-6,8-9,11H2/t12-/m0/s1. The molecule has 1 saturated heterocycles. The molecule has 2 rings (SSSR count). The maximum atomic E-state index is 11.5. The van der Waals surface area contributed by atoms with Crippen molar-refractivity contribution in [3.63, 3.8) is 0 Å². The van der Waals surface area contributed by atoms with Crippen LogP contribution in [0.4, 0.5) is 0 Å². The normalized spacial score (nSPS) is 19.9. The number of Topliss-reactive ketones (excluding diaryl/α,β-unsaturated/α-hetero) is 1. The molecule has 4 nitrogen and oxygen atoms in total. The number of hydrogen-bond acceptors (Lipinski definition) is 4. The van der Waals surface area contributed by atoms with Gasteiger partial charge in [0, 0.05) is 12.6 Å². The summed E-state index contributed by atoms with van der Waals surface area (Å²) in [6.45, 7) is 1.90. The monoisotopic (exact) mass is 251 g/mol. The lowest BCUT2D eigenvalue weighted by molar-refractivity contribution is 0.0721. The molecular weight excluding hydrogens is 230 g/mol. The number of carbonyl (C=O) groups is 1. The molecule has 1 aliphatic rings. The second kappa shape index (κ2) is 7.34. The first-order valence-corrected chi connectivity index (χ1v) is 6.74. The Morgan fingerprint density at radius 2 is 2.44 bits per heavy atom. The summed E-state index contributed by atoms with van der Waals surface area (Å²) in [6, 6.07) is 4.02. The van der Waals surface area contributed by atoms with Gasteiger partial charge in [-0.1, -0.05) is 6.42 Å². The van der Waals surface area contributed by atoms with Crippen molar-refractivity contribution in [3.05, 3.63) is 24.2 Å². The Bertz CT molecular complexity index is 342. The second-order valence-corrected chi connectivity index (χ2v) is 4.74. The van der Waals surface area contributed by atoms with Gasteiger partial charge in [-0.3, -0.25) is 4.79 Å². The largest absolute Gasteiger partial charge is 0.461 e. The minimum atomic E-state index is -0.0872. The number of hydrogen-bond donors (Lipinski definition) is 1. The van der Waals surface area contributed by atoms with Gasteiger partial charge in [-0.05, 0) is 44.4 Å². The van der Waals surface area contributed by atoms with Crippen LogP contribution in [-0.4, -0.2) is 31.6 Å². The van der Waals surface area contributed by atoms with E-state index in [2.05, 4.69) is 5.32 Å². The molecular formula is C14H21NO3. The van der Waals surface area contributed by atoms with Crippen LogP contribution in [0.25, 0.3) is 0 Å². The molecule has 0 bridgehead atoms. The van der Waals surface area contributed by atoms with Gasteiger partial charge in [0.05, 0.1) is 6.26 Å². The van der Waals surface area contributed by atoms with Gasteiger partial charge in [0.15, 0.2) is 5.76 Å². The molecule has 1 aromatic heterocycles. The lowest BCUT2D eigenvalue weighted by Crippen LogP contribution is -2.34. The number of furan rings is 1. The maximum Gasteiger partial charge on any atom is 0.223 e. The van der Waals surface area contributed by atoms with Crippen LogP contribution in [0.2, 0.25) is 0 Å². The third kappa shape index (κ3) is 4.27. The Kier molecular flexibility index (Phi) is 5.42. The number of nitrogens with one attached hydrogen (secondary N) is 1. The maximum absolute atomic E-state index is 11.5. The highest BCUT2D eigenvalue weighted by atomic mass is 16.5. The van der Waals surface area contributed by atoms with Gasteiger partial charge in [0.1, 0.15) is 6.61 Å².